The van der Waals surface area contributed by atoms with Crippen molar-refractivity contribution in [1.29, 1.82) is 0 Å². The Morgan fingerprint density at radius 2 is 1.68 bits per heavy atom. The monoisotopic (exact) mass is 298 g/mol. The SMILES string of the molecule is COc1ccc(NC(=O)CN(C(C)=O)c2ccccc2)cc1. The molecule has 0 aliphatic rings. The Hall–Kier alpha value is -2.82. The maximum absolute atomic E-state index is 12.1. The lowest BCUT2D eigenvalue weighted by atomic mass is 10.2. The highest BCUT2D eigenvalue weighted by atomic mass is 16.5. The fourth-order valence-electron chi connectivity index (χ4n) is 2.01. The smallest absolute Gasteiger partial charge is 0.244 e. The second-order valence-corrected chi connectivity index (χ2v) is 4.72. The van der Waals surface area contributed by atoms with Crippen LogP contribution in [0, 0.1) is 0 Å². The van der Waals surface area contributed by atoms with Gasteiger partial charge in [0.2, 0.25) is 11.8 Å². The lowest BCUT2D eigenvalue weighted by Crippen LogP contribution is -2.36. The van der Waals surface area contributed by atoms with Crippen molar-refractivity contribution in [2.24, 2.45) is 0 Å². The Balaban J connectivity index is 2.03. The molecule has 2 aromatic carbocycles. The van der Waals surface area contributed by atoms with Crippen LogP contribution in [0.4, 0.5) is 11.4 Å². The molecule has 0 heterocycles. The van der Waals surface area contributed by atoms with Gasteiger partial charge in [0.15, 0.2) is 0 Å². The average Bonchev–Trinajstić information content (AvgIpc) is 2.54. The molecule has 0 spiro atoms. The highest BCUT2D eigenvalue weighted by Crippen LogP contribution is 2.16. The minimum atomic E-state index is -0.260. The predicted octanol–water partition coefficient (Wildman–Crippen LogP) is 2.69. The fraction of sp³-hybridized carbons (Fsp3) is 0.176. The van der Waals surface area contributed by atoms with E-state index in [2.05, 4.69) is 5.32 Å². The van der Waals surface area contributed by atoms with E-state index in [0.29, 0.717) is 17.1 Å². The molecule has 5 heteroatoms. The van der Waals surface area contributed by atoms with Crippen LogP contribution in [0.25, 0.3) is 0 Å². The summed E-state index contributed by atoms with van der Waals surface area (Å²) < 4.78 is 5.06. The molecule has 0 aromatic heterocycles. The van der Waals surface area contributed by atoms with Gasteiger partial charge in [0, 0.05) is 18.3 Å². The largest absolute Gasteiger partial charge is 0.497 e. The molecule has 0 saturated carbocycles. The fourth-order valence-corrected chi connectivity index (χ4v) is 2.01. The maximum atomic E-state index is 12.1. The van der Waals surface area contributed by atoms with Crippen molar-refractivity contribution in [1.82, 2.24) is 0 Å². The van der Waals surface area contributed by atoms with E-state index in [9.17, 15) is 9.59 Å². The van der Waals surface area contributed by atoms with Gasteiger partial charge in [-0.05, 0) is 36.4 Å². The van der Waals surface area contributed by atoms with Gasteiger partial charge < -0.3 is 15.0 Å². The number of hydrogen-bond acceptors (Lipinski definition) is 3. The second kappa shape index (κ2) is 7.26. The van der Waals surface area contributed by atoms with Crippen LogP contribution in [0.2, 0.25) is 0 Å². The molecule has 2 rings (SSSR count). The Morgan fingerprint density at radius 1 is 1.05 bits per heavy atom. The summed E-state index contributed by atoms with van der Waals surface area (Å²) in [4.78, 5) is 25.3. The third kappa shape index (κ3) is 4.09. The number of anilines is 2. The van der Waals surface area contributed by atoms with Crippen LogP contribution in [-0.4, -0.2) is 25.5 Å². The van der Waals surface area contributed by atoms with E-state index in [1.54, 1.807) is 43.5 Å². The molecule has 0 aliphatic heterocycles. The summed E-state index contributed by atoms with van der Waals surface area (Å²) in [6, 6.07) is 16.1. The molecule has 0 unspecified atom stereocenters. The normalized spacial score (nSPS) is 9.91. The third-order valence-corrected chi connectivity index (χ3v) is 3.12. The Morgan fingerprint density at radius 3 is 2.23 bits per heavy atom. The number of ether oxygens (including phenoxy) is 1. The first kappa shape index (κ1) is 15.6. The topological polar surface area (TPSA) is 58.6 Å². The quantitative estimate of drug-likeness (QED) is 0.923. The second-order valence-electron chi connectivity index (χ2n) is 4.72. The van der Waals surface area contributed by atoms with Crippen LogP contribution in [0.5, 0.6) is 5.75 Å². The number of nitrogens with one attached hydrogen (secondary N) is 1. The van der Waals surface area contributed by atoms with Gasteiger partial charge in [-0.2, -0.15) is 0 Å². The van der Waals surface area contributed by atoms with E-state index < -0.39 is 0 Å². The van der Waals surface area contributed by atoms with Gasteiger partial charge >= 0.3 is 0 Å². The number of nitrogens with zero attached hydrogens (tertiary/aromatic N) is 1. The molecule has 5 nitrogen and oxygen atoms in total. The number of methoxy groups -OCH3 is 1. The van der Waals surface area contributed by atoms with Crippen LogP contribution >= 0.6 is 0 Å². The number of rotatable bonds is 5. The first-order chi connectivity index (χ1) is 10.6. The van der Waals surface area contributed by atoms with E-state index in [4.69, 9.17) is 4.74 Å². The summed E-state index contributed by atoms with van der Waals surface area (Å²) in [5.41, 5.74) is 1.35. The van der Waals surface area contributed by atoms with Crippen LogP contribution in [0.3, 0.4) is 0 Å². The van der Waals surface area contributed by atoms with Crippen molar-refractivity contribution in [3.05, 3.63) is 54.6 Å². The van der Waals surface area contributed by atoms with Gasteiger partial charge in [-0.15, -0.1) is 0 Å². The van der Waals surface area contributed by atoms with Crippen LogP contribution in [0.1, 0.15) is 6.92 Å². The number of carbonyl (C=O) groups is 2. The zero-order chi connectivity index (χ0) is 15.9. The van der Waals surface area contributed by atoms with E-state index in [1.807, 2.05) is 18.2 Å². The van der Waals surface area contributed by atoms with E-state index in [0.717, 1.165) is 0 Å². The molecule has 22 heavy (non-hydrogen) atoms. The summed E-state index contributed by atoms with van der Waals surface area (Å²) in [6.07, 6.45) is 0. The van der Waals surface area contributed by atoms with Gasteiger partial charge in [-0.25, -0.2) is 0 Å². The number of carbonyl (C=O) groups excluding carboxylic acids is 2. The molecule has 1 N–H and O–H groups in total. The Labute approximate surface area is 129 Å². The maximum Gasteiger partial charge on any atom is 0.244 e. The van der Waals surface area contributed by atoms with Gasteiger partial charge in [-0.1, -0.05) is 18.2 Å². The molecular formula is C17H18N2O3. The van der Waals surface area contributed by atoms with Gasteiger partial charge in [0.05, 0.1) is 7.11 Å². The van der Waals surface area contributed by atoms with Crippen molar-refractivity contribution in [3.8, 4) is 5.75 Å². The summed E-state index contributed by atoms with van der Waals surface area (Å²) in [5, 5.41) is 2.76. The predicted molar refractivity (Wildman–Crippen MR) is 86.1 cm³/mol. The molecule has 2 aromatic rings. The van der Waals surface area contributed by atoms with Gasteiger partial charge in [0.25, 0.3) is 0 Å². The van der Waals surface area contributed by atoms with Crippen molar-refractivity contribution >= 4 is 23.2 Å². The summed E-state index contributed by atoms with van der Waals surface area (Å²) in [5.74, 6) is 0.271. The minimum absolute atomic E-state index is 0.0363. The Bertz CT molecular complexity index is 639. The molecule has 0 fully saturated rings. The molecule has 114 valence electrons. The standard InChI is InChI=1S/C17H18N2O3/c1-13(20)19(15-6-4-3-5-7-15)12-17(21)18-14-8-10-16(22-2)11-9-14/h3-11H,12H2,1-2H3,(H,18,21). The summed E-state index contributed by atoms with van der Waals surface area (Å²) in [7, 11) is 1.58. The molecule has 0 bridgehead atoms. The highest BCUT2D eigenvalue weighted by Gasteiger charge is 2.15. The molecule has 0 radical (unpaired) electrons. The summed E-state index contributed by atoms with van der Waals surface area (Å²) in [6.45, 7) is 1.40. The number of para-hydroxylation sites is 1. The van der Waals surface area contributed by atoms with Crippen LogP contribution < -0.4 is 15.0 Å². The van der Waals surface area contributed by atoms with Gasteiger partial charge in [-0.3, -0.25) is 9.59 Å². The number of benzene rings is 2. The van der Waals surface area contributed by atoms with E-state index >= 15 is 0 Å². The van der Waals surface area contributed by atoms with Crippen molar-refractivity contribution in [2.75, 3.05) is 23.9 Å². The molecule has 0 saturated heterocycles. The van der Waals surface area contributed by atoms with Crippen molar-refractivity contribution in [2.45, 2.75) is 6.92 Å². The lowest BCUT2D eigenvalue weighted by molar-refractivity contribution is -0.120. The summed E-state index contributed by atoms with van der Waals surface area (Å²) >= 11 is 0. The minimum Gasteiger partial charge on any atom is -0.497 e. The zero-order valence-corrected chi connectivity index (χ0v) is 12.6. The van der Waals surface area contributed by atoms with E-state index in [-0.39, 0.29) is 18.4 Å². The Kier molecular flexibility index (Phi) is 5.14. The molecule has 2 amide bonds. The number of amides is 2. The molecular weight excluding hydrogens is 280 g/mol. The van der Waals surface area contributed by atoms with Gasteiger partial charge in [0.1, 0.15) is 12.3 Å². The lowest BCUT2D eigenvalue weighted by Gasteiger charge is -2.20. The van der Waals surface area contributed by atoms with E-state index in [1.165, 1.54) is 11.8 Å². The van der Waals surface area contributed by atoms with Crippen molar-refractivity contribution in [3.63, 3.8) is 0 Å². The molecule has 0 atom stereocenters. The van der Waals surface area contributed by atoms with Crippen LogP contribution in [-0.2, 0) is 9.59 Å². The average molecular weight is 298 g/mol. The zero-order valence-electron chi connectivity index (χ0n) is 12.6. The highest BCUT2D eigenvalue weighted by molar-refractivity contribution is 6.01. The van der Waals surface area contributed by atoms with Crippen molar-refractivity contribution < 1.29 is 14.3 Å². The number of hydrogen-bond donors (Lipinski definition) is 1. The molecule has 0 aliphatic carbocycles. The first-order valence-electron chi connectivity index (χ1n) is 6.87. The third-order valence-electron chi connectivity index (χ3n) is 3.12. The first-order valence-corrected chi connectivity index (χ1v) is 6.87. The van der Waals surface area contributed by atoms with Crippen LogP contribution in [0.15, 0.2) is 54.6 Å².